The molecule has 3 heteroatoms. The molecule has 1 saturated carbocycles. The van der Waals surface area contributed by atoms with Crippen LogP contribution in [-0.2, 0) is 0 Å². The van der Waals surface area contributed by atoms with Crippen LogP contribution in [-0.4, -0.2) is 33.1 Å². The maximum Gasteiger partial charge on any atom is 0.0849 e. The van der Waals surface area contributed by atoms with E-state index in [1.165, 1.54) is 11.1 Å². The number of fused-ring (bicyclic) bond motifs is 1. The van der Waals surface area contributed by atoms with E-state index < -0.39 is 11.7 Å². The molecule has 3 N–H and O–H groups in total. The first-order chi connectivity index (χ1) is 10.6. The third kappa shape index (κ3) is 4.07. The van der Waals surface area contributed by atoms with Crippen molar-refractivity contribution in [2.24, 2.45) is 23.7 Å². The Hall–Kier alpha value is -0.640. The molecule has 0 bridgehead atoms. The molecule has 132 valence electrons. The van der Waals surface area contributed by atoms with Gasteiger partial charge in [0.05, 0.1) is 17.8 Å². The maximum absolute atomic E-state index is 11.0. The Morgan fingerprint density at radius 3 is 2.61 bits per heavy atom. The number of hydrogen-bond donors (Lipinski definition) is 3. The first-order valence-corrected chi connectivity index (χ1v) is 9.05. The zero-order valence-corrected chi connectivity index (χ0v) is 15.1. The Kier molecular flexibility index (Phi) is 5.76. The minimum absolute atomic E-state index is 0.219. The highest BCUT2D eigenvalue weighted by Gasteiger charge is 2.42. The van der Waals surface area contributed by atoms with Crippen LogP contribution in [0.1, 0.15) is 59.8 Å². The third-order valence-electron chi connectivity index (χ3n) is 6.22. The third-order valence-corrected chi connectivity index (χ3v) is 6.22. The summed E-state index contributed by atoms with van der Waals surface area (Å²) in [5.41, 5.74) is 1.53. The summed E-state index contributed by atoms with van der Waals surface area (Å²) in [6.07, 6.45) is 5.58. The van der Waals surface area contributed by atoms with Gasteiger partial charge in [0.25, 0.3) is 0 Å². The van der Waals surface area contributed by atoms with Crippen molar-refractivity contribution in [3.05, 3.63) is 23.8 Å². The Balaban J connectivity index is 2.03. The summed E-state index contributed by atoms with van der Waals surface area (Å²) in [6, 6.07) is 0. The van der Waals surface area contributed by atoms with Crippen molar-refractivity contribution >= 4 is 0 Å². The SMILES string of the molecule is C=C1CC[C@@H](C(C)CC[C@H](O)C(C)(C)O)[C@@H](O)[C@@H]2C(C)=CC[C@@H]12. The number of aliphatic hydroxyl groups is 3. The van der Waals surface area contributed by atoms with Crippen LogP contribution in [0.5, 0.6) is 0 Å². The van der Waals surface area contributed by atoms with E-state index >= 15 is 0 Å². The molecule has 0 aliphatic heterocycles. The fourth-order valence-corrected chi connectivity index (χ4v) is 4.42. The van der Waals surface area contributed by atoms with Crippen LogP contribution in [0.3, 0.4) is 0 Å². The molecule has 0 heterocycles. The molecule has 0 spiro atoms. The van der Waals surface area contributed by atoms with Crippen LogP contribution in [0.25, 0.3) is 0 Å². The molecule has 0 saturated heterocycles. The molecule has 1 fully saturated rings. The molecule has 0 amide bonds. The summed E-state index contributed by atoms with van der Waals surface area (Å²) >= 11 is 0. The largest absolute Gasteiger partial charge is 0.392 e. The Morgan fingerprint density at radius 1 is 1.35 bits per heavy atom. The smallest absolute Gasteiger partial charge is 0.0849 e. The topological polar surface area (TPSA) is 60.7 Å². The number of aliphatic hydroxyl groups excluding tert-OH is 2. The molecule has 2 aliphatic rings. The van der Waals surface area contributed by atoms with Gasteiger partial charge in [0.15, 0.2) is 0 Å². The normalized spacial score (nSPS) is 34.6. The zero-order valence-electron chi connectivity index (χ0n) is 15.1. The van der Waals surface area contributed by atoms with Gasteiger partial charge in [-0.05, 0) is 70.6 Å². The molecule has 2 aliphatic carbocycles. The maximum atomic E-state index is 11.0. The summed E-state index contributed by atoms with van der Waals surface area (Å²) in [5, 5.41) is 30.9. The van der Waals surface area contributed by atoms with Gasteiger partial charge in [-0.1, -0.05) is 30.7 Å². The van der Waals surface area contributed by atoms with Crippen molar-refractivity contribution in [2.75, 3.05) is 0 Å². The van der Waals surface area contributed by atoms with E-state index in [-0.39, 0.29) is 17.9 Å². The minimum atomic E-state index is -1.06. The average Bonchev–Trinajstić information content (AvgIpc) is 2.79. The summed E-state index contributed by atoms with van der Waals surface area (Å²) in [4.78, 5) is 0. The van der Waals surface area contributed by atoms with Gasteiger partial charge in [0.1, 0.15) is 0 Å². The van der Waals surface area contributed by atoms with Gasteiger partial charge in [-0.15, -0.1) is 0 Å². The Labute approximate surface area is 141 Å². The van der Waals surface area contributed by atoms with Gasteiger partial charge in [-0.25, -0.2) is 0 Å². The zero-order chi connectivity index (χ0) is 17.4. The molecule has 2 rings (SSSR count). The Morgan fingerprint density at radius 2 is 2.00 bits per heavy atom. The van der Waals surface area contributed by atoms with Gasteiger partial charge < -0.3 is 15.3 Å². The summed E-state index contributed by atoms with van der Waals surface area (Å²) in [5.74, 6) is 1.18. The van der Waals surface area contributed by atoms with E-state index in [1.54, 1.807) is 13.8 Å². The van der Waals surface area contributed by atoms with Crippen molar-refractivity contribution in [2.45, 2.75) is 77.6 Å². The van der Waals surface area contributed by atoms with Crippen molar-refractivity contribution in [1.29, 1.82) is 0 Å². The fourth-order valence-electron chi connectivity index (χ4n) is 4.42. The van der Waals surface area contributed by atoms with Crippen LogP contribution >= 0.6 is 0 Å². The minimum Gasteiger partial charge on any atom is -0.392 e. The van der Waals surface area contributed by atoms with Gasteiger partial charge in [-0.2, -0.15) is 0 Å². The van der Waals surface area contributed by atoms with Gasteiger partial charge in [0, 0.05) is 5.92 Å². The highest BCUT2D eigenvalue weighted by molar-refractivity contribution is 5.24. The average molecular weight is 322 g/mol. The van der Waals surface area contributed by atoms with E-state index in [0.29, 0.717) is 18.3 Å². The number of allylic oxidation sites excluding steroid dienone is 2. The van der Waals surface area contributed by atoms with Crippen LogP contribution in [0.15, 0.2) is 23.8 Å². The quantitative estimate of drug-likeness (QED) is 0.680. The van der Waals surface area contributed by atoms with Crippen LogP contribution in [0, 0.1) is 23.7 Å². The number of hydrogen-bond acceptors (Lipinski definition) is 3. The molecule has 23 heavy (non-hydrogen) atoms. The van der Waals surface area contributed by atoms with Gasteiger partial charge >= 0.3 is 0 Å². The molecular formula is C20H34O3. The van der Waals surface area contributed by atoms with E-state index in [2.05, 4.69) is 26.5 Å². The van der Waals surface area contributed by atoms with Crippen LogP contribution in [0.4, 0.5) is 0 Å². The lowest BCUT2D eigenvalue weighted by atomic mass is 9.76. The van der Waals surface area contributed by atoms with E-state index in [1.807, 2.05) is 0 Å². The molecule has 6 atom stereocenters. The summed E-state index contributed by atoms with van der Waals surface area (Å²) < 4.78 is 0. The van der Waals surface area contributed by atoms with E-state index in [4.69, 9.17) is 0 Å². The molecule has 0 aromatic rings. The monoisotopic (exact) mass is 322 g/mol. The van der Waals surface area contributed by atoms with Gasteiger partial charge in [-0.3, -0.25) is 0 Å². The second-order valence-electron chi connectivity index (χ2n) is 8.39. The second kappa shape index (κ2) is 7.08. The predicted octanol–water partition coefficient (Wildman–Crippen LogP) is 3.44. The van der Waals surface area contributed by atoms with Crippen molar-refractivity contribution in [1.82, 2.24) is 0 Å². The second-order valence-corrected chi connectivity index (χ2v) is 8.39. The Bertz CT molecular complexity index is 460. The molecule has 0 aromatic carbocycles. The first kappa shape index (κ1) is 18.7. The fraction of sp³-hybridized carbons (Fsp3) is 0.800. The molecule has 3 nitrogen and oxygen atoms in total. The van der Waals surface area contributed by atoms with Crippen molar-refractivity contribution in [3.8, 4) is 0 Å². The molecular weight excluding hydrogens is 288 g/mol. The first-order valence-electron chi connectivity index (χ1n) is 9.05. The lowest BCUT2D eigenvalue weighted by Crippen LogP contribution is -2.37. The summed E-state index contributed by atoms with van der Waals surface area (Å²) in [6.45, 7) is 11.9. The molecule has 1 unspecified atom stereocenters. The standard InChI is InChI=1S/C20H34O3/c1-12-6-10-16(13(2)8-11-17(21)20(4,5)23)19(22)18-14(3)7-9-15(12)18/h7,13,15-19,21-23H,1,6,8-11H2,2-5H3/t13?,15-,16-,17-,18+,19+/m0/s1. The number of rotatable bonds is 5. The lowest BCUT2D eigenvalue weighted by molar-refractivity contribution is -0.0562. The van der Waals surface area contributed by atoms with E-state index in [9.17, 15) is 15.3 Å². The lowest BCUT2D eigenvalue weighted by Gasteiger charge is -2.34. The van der Waals surface area contributed by atoms with Gasteiger partial charge in [0.2, 0.25) is 0 Å². The predicted molar refractivity (Wildman–Crippen MR) is 93.9 cm³/mol. The van der Waals surface area contributed by atoms with Crippen molar-refractivity contribution < 1.29 is 15.3 Å². The molecule has 0 aromatic heterocycles. The summed E-state index contributed by atoms with van der Waals surface area (Å²) in [7, 11) is 0. The van der Waals surface area contributed by atoms with Crippen LogP contribution < -0.4 is 0 Å². The molecule has 0 radical (unpaired) electrons. The highest BCUT2D eigenvalue weighted by Crippen LogP contribution is 2.47. The van der Waals surface area contributed by atoms with E-state index in [0.717, 1.165) is 25.7 Å². The van der Waals surface area contributed by atoms with Crippen LogP contribution in [0.2, 0.25) is 0 Å². The highest BCUT2D eigenvalue weighted by atomic mass is 16.3. The van der Waals surface area contributed by atoms with Crippen molar-refractivity contribution in [3.63, 3.8) is 0 Å².